The van der Waals surface area contributed by atoms with Crippen LogP contribution in [0.3, 0.4) is 0 Å². The van der Waals surface area contributed by atoms with Gasteiger partial charge in [-0.05, 0) is 39.9 Å². The van der Waals surface area contributed by atoms with Crippen molar-refractivity contribution in [3.8, 4) is 22.5 Å². The topological polar surface area (TPSA) is 46.0 Å². The molecule has 0 aliphatic heterocycles. The van der Waals surface area contributed by atoms with Crippen LogP contribution in [0.2, 0.25) is 0 Å². The van der Waals surface area contributed by atoms with Crippen LogP contribution < -0.4 is 0 Å². The molecule has 0 saturated carbocycles. The molecule has 30 heavy (non-hydrogen) atoms. The second-order valence-electron chi connectivity index (χ2n) is 8.22. The van der Waals surface area contributed by atoms with Crippen LogP contribution in [0.5, 0.6) is 0 Å². The lowest BCUT2D eigenvalue weighted by Crippen LogP contribution is -2.10. The molecule has 4 nitrogen and oxygen atoms in total. The summed E-state index contributed by atoms with van der Waals surface area (Å²) >= 11 is 5.39. The third-order valence-corrected chi connectivity index (χ3v) is 5.26. The van der Waals surface area contributed by atoms with Crippen molar-refractivity contribution < 1.29 is 0 Å². The highest BCUT2D eigenvalue weighted by Crippen LogP contribution is 2.25. The van der Waals surface area contributed by atoms with E-state index < -0.39 is 0 Å². The van der Waals surface area contributed by atoms with Crippen LogP contribution in [0, 0.1) is 4.77 Å². The zero-order valence-corrected chi connectivity index (χ0v) is 18.1. The van der Waals surface area contributed by atoms with E-state index >= 15 is 0 Å². The first-order valence-corrected chi connectivity index (χ1v) is 10.3. The minimum absolute atomic E-state index is 0.104. The molecule has 0 amide bonds. The van der Waals surface area contributed by atoms with Gasteiger partial charge in [0, 0.05) is 5.56 Å². The maximum atomic E-state index is 5.39. The summed E-state index contributed by atoms with van der Waals surface area (Å²) in [5, 5.41) is 11.8. The minimum Gasteiger partial charge on any atom is -0.250 e. The highest BCUT2D eigenvalue weighted by molar-refractivity contribution is 7.71. The van der Waals surface area contributed by atoms with E-state index in [2.05, 4.69) is 84.6 Å². The van der Waals surface area contributed by atoms with Crippen LogP contribution in [-0.2, 0) is 5.41 Å². The van der Waals surface area contributed by atoms with E-state index in [9.17, 15) is 0 Å². The van der Waals surface area contributed by atoms with Crippen molar-refractivity contribution in [1.82, 2.24) is 14.9 Å². The molecule has 0 unspecified atom stereocenters. The molecule has 0 aliphatic rings. The van der Waals surface area contributed by atoms with Crippen LogP contribution in [0.15, 0.2) is 84.0 Å². The Morgan fingerprint density at radius 2 is 1.43 bits per heavy atom. The molecule has 1 heterocycles. The van der Waals surface area contributed by atoms with E-state index in [-0.39, 0.29) is 5.41 Å². The molecule has 0 saturated heterocycles. The predicted octanol–water partition coefficient (Wildman–Crippen LogP) is 6.45. The number of nitrogens with one attached hydrogen (secondary N) is 1. The summed E-state index contributed by atoms with van der Waals surface area (Å²) in [7, 11) is 0. The normalized spacial score (nSPS) is 11.8. The second kappa shape index (κ2) is 8.20. The summed E-state index contributed by atoms with van der Waals surface area (Å²) in [6.45, 7) is 6.60. The van der Waals surface area contributed by atoms with Gasteiger partial charge in [-0.2, -0.15) is 14.9 Å². The zero-order chi connectivity index (χ0) is 21.1. The minimum atomic E-state index is 0.104. The summed E-state index contributed by atoms with van der Waals surface area (Å²) < 4.78 is 2.12. The number of H-pyrrole nitrogens is 1. The van der Waals surface area contributed by atoms with Crippen LogP contribution in [0.4, 0.5) is 0 Å². The molecule has 3 aromatic carbocycles. The number of nitrogens with zero attached hydrogens (tertiary/aromatic N) is 3. The lowest BCUT2D eigenvalue weighted by molar-refractivity contribution is 0.590. The average Bonchev–Trinajstić information content (AvgIpc) is 3.13. The van der Waals surface area contributed by atoms with E-state index in [0.717, 1.165) is 11.1 Å². The predicted molar refractivity (Wildman–Crippen MR) is 126 cm³/mol. The molecular formula is C25H24N4S. The van der Waals surface area contributed by atoms with Gasteiger partial charge in [0.15, 0.2) is 5.82 Å². The van der Waals surface area contributed by atoms with Crippen LogP contribution in [-0.4, -0.2) is 21.1 Å². The Morgan fingerprint density at radius 1 is 0.833 bits per heavy atom. The number of rotatable bonds is 4. The average molecular weight is 413 g/mol. The van der Waals surface area contributed by atoms with Gasteiger partial charge in [-0.3, -0.25) is 0 Å². The first-order chi connectivity index (χ1) is 14.4. The summed E-state index contributed by atoms with van der Waals surface area (Å²) in [6.07, 6.45) is 1.80. The van der Waals surface area contributed by atoms with Gasteiger partial charge in [-0.25, -0.2) is 5.10 Å². The van der Waals surface area contributed by atoms with Gasteiger partial charge >= 0.3 is 0 Å². The molecule has 0 spiro atoms. The fourth-order valence-corrected chi connectivity index (χ4v) is 3.40. The Labute approximate surface area is 181 Å². The smallest absolute Gasteiger partial charge is 0.216 e. The number of hydrogen-bond donors (Lipinski definition) is 1. The Hall–Kier alpha value is -3.31. The Bertz CT molecular complexity index is 1210. The van der Waals surface area contributed by atoms with Crippen molar-refractivity contribution in [2.75, 3.05) is 0 Å². The van der Waals surface area contributed by atoms with Crippen molar-refractivity contribution in [2.45, 2.75) is 26.2 Å². The van der Waals surface area contributed by atoms with Crippen molar-refractivity contribution in [3.05, 3.63) is 94.8 Å². The Kier molecular flexibility index (Phi) is 5.46. The van der Waals surface area contributed by atoms with E-state index in [0.29, 0.717) is 10.6 Å². The molecule has 0 fully saturated rings. The largest absolute Gasteiger partial charge is 0.250 e. The van der Waals surface area contributed by atoms with Crippen molar-refractivity contribution in [3.63, 3.8) is 0 Å². The van der Waals surface area contributed by atoms with Crippen LogP contribution >= 0.6 is 12.2 Å². The number of aromatic nitrogens is 3. The molecule has 0 bridgehead atoms. The summed E-state index contributed by atoms with van der Waals surface area (Å²) in [5.74, 6) is 0.692. The standard InChI is InChI=1S/C25H24N4S/c1-25(2,3)22-15-13-21(14-16-22)23-27-28-24(30)29(23)26-17-18-9-11-20(12-10-18)19-7-5-4-6-8-19/h4-17H,1-3H3,(H,28,30)/b26-17-. The first-order valence-electron chi connectivity index (χ1n) is 9.90. The summed E-state index contributed by atoms with van der Waals surface area (Å²) in [5.41, 5.74) is 5.70. The van der Waals surface area contributed by atoms with E-state index in [1.54, 1.807) is 10.9 Å². The van der Waals surface area contributed by atoms with Gasteiger partial charge in [0.05, 0.1) is 6.21 Å². The molecule has 5 heteroatoms. The van der Waals surface area contributed by atoms with Gasteiger partial charge in [-0.1, -0.05) is 99.6 Å². The number of aromatic amines is 1. The van der Waals surface area contributed by atoms with Crippen LogP contribution in [0.25, 0.3) is 22.5 Å². The number of benzene rings is 3. The molecule has 4 aromatic rings. The summed E-state index contributed by atoms with van der Waals surface area (Å²) in [4.78, 5) is 0. The van der Waals surface area contributed by atoms with Gasteiger partial charge in [0.2, 0.25) is 4.77 Å². The third-order valence-electron chi connectivity index (χ3n) is 5.00. The first kappa shape index (κ1) is 20.0. The van der Waals surface area contributed by atoms with Gasteiger partial charge in [0.1, 0.15) is 0 Å². The van der Waals surface area contributed by atoms with Gasteiger partial charge in [-0.15, -0.1) is 0 Å². The Balaban J connectivity index is 1.59. The third kappa shape index (κ3) is 4.31. The van der Waals surface area contributed by atoms with Crippen molar-refractivity contribution >= 4 is 18.4 Å². The van der Waals surface area contributed by atoms with Gasteiger partial charge < -0.3 is 0 Å². The second-order valence-corrected chi connectivity index (χ2v) is 8.61. The van der Waals surface area contributed by atoms with Crippen LogP contribution in [0.1, 0.15) is 31.9 Å². The summed E-state index contributed by atoms with van der Waals surface area (Å²) in [6, 6.07) is 27.0. The van der Waals surface area contributed by atoms with E-state index in [1.165, 1.54) is 16.7 Å². The van der Waals surface area contributed by atoms with Crippen molar-refractivity contribution in [1.29, 1.82) is 0 Å². The Morgan fingerprint density at radius 3 is 2.07 bits per heavy atom. The fraction of sp³-hybridized carbons (Fsp3) is 0.160. The lowest BCUT2D eigenvalue weighted by Gasteiger charge is -2.18. The quantitative estimate of drug-likeness (QED) is 0.309. The maximum absolute atomic E-state index is 5.39. The van der Waals surface area contributed by atoms with E-state index in [1.807, 2.05) is 30.3 Å². The molecule has 150 valence electrons. The highest BCUT2D eigenvalue weighted by atomic mass is 32.1. The molecule has 0 radical (unpaired) electrons. The zero-order valence-electron chi connectivity index (χ0n) is 17.3. The molecule has 1 N–H and O–H groups in total. The highest BCUT2D eigenvalue weighted by Gasteiger charge is 2.14. The molecule has 1 aromatic heterocycles. The number of hydrogen-bond acceptors (Lipinski definition) is 3. The maximum Gasteiger partial charge on any atom is 0.216 e. The lowest BCUT2D eigenvalue weighted by atomic mass is 9.87. The van der Waals surface area contributed by atoms with Crippen molar-refractivity contribution in [2.24, 2.45) is 5.10 Å². The monoisotopic (exact) mass is 412 g/mol. The SMILES string of the molecule is CC(C)(C)c1ccc(-c2n[nH]c(=S)n2/N=C\c2ccc(-c3ccccc3)cc2)cc1. The molecule has 4 rings (SSSR count). The molecular weight excluding hydrogens is 388 g/mol. The van der Waals surface area contributed by atoms with E-state index in [4.69, 9.17) is 12.2 Å². The van der Waals surface area contributed by atoms with Gasteiger partial charge in [0.25, 0.3) is 0 Å². The fourth-order valence-electron chi connectivity index (χ4n) is 3.22. The molecule has 0 aliphatic carbocycles. The molecule has 0 atom stereocenters.